The molecule has 156 valence electrons. The van der Waals surface area contributed by atoms with E-state index >= 15 is 0 Å². The van der Waals surface area contributed by atoms with Crippen LogP contribution in [-0.2, 0) is 24.3 Å². The van der Waals surface area contributed by atoms with Gasteiger partial charge in [-0.2, -0.15) is 4.72 Å². The second-order valence-electron chi connectivity index (χ2n) is 6.45. The highest BCUT2D eigenvalue weighted by Gasteiger charge is 2.16. The quantitative estimate of drug-likeness (QED) is 0.602. The Morgan fingerprint density at radius 2 is 1.69 bits per heavy atom. The number of methoxy groups -OCH3 is 1. The average molecular weight is 420 g/mol. The first kappa shape index (κ1) is 22.4. The summed E-state index contributed by atoms with van der Waals surface area (Å²) in [5.74, 6) is -0.160. The molecule has 29 heavy (non-hydrogen) atoms. The minimum absolute atomic E-state index is 0.0403. The molecular weight excluding hydrogens is 396 g/mol. The first-order valence-electron chi connectivity index (χ1n) is 8.91. The summed E-state index contributed by atoms with van der Waals surface area (Å²) in [6, 6.07) is 13.1. The summed E-state index contributed by atoms with van der Waals surface area (Å²) in [5.41, 5.74) is 1.43. The smallest absolute Gasteiger partial charge is 0.320 e. The fourth-order valence-corrected chi connectivity index (χ4v) is 3.43. The second-order valence-corrected chi connectivity index (χ2v) is 8.22. The zero-order valence-electron chi connectivity index (χ0n) is 16.5. The van der Waals surface area contributed by atoms with Crippen LogP contribution in [0.4, 0.5) is 5.69 Å². The van der Waals surface area contributed by atoms with Crippen molar-refractivity contribution in [3.8, 4) is 5.75 Å². The van der Waals surface area contributed by atoms with Crippen molar-refractivity contribution < 1.29 is 27.5 Å². The van der Waals surface area contributed by atoms with Gasteiger partial charge in [0.2, 0.25) is 10.0 Å². The molecule has 0 radical (unpaired) electrons. The normalized spacial score (nSPS) is 11.2. The molecule has 0 unspecified atom stereocenters. The summed E-state index contributed by atoms with van der Waals surface area (Å²) in [6.07, 6.45) is 0. The number of esters is 1. The molecule has 2 rings (SSSR count). The number of sulfonamides is 1. The summed E-state index contributed by atoms with van der Waals surface area (Å²) in [5, 5.41) is 2.65. The topological polar surface area (TPSA) is 111 Å². The zero-order chi connectivity index (χ0) is 21.4. The maximum absolute atomic E-state index is 12.1. The van der Waals surface area contributed by atoms with Crippen LogP contribution in [0.2, 0.25) is 0 Å². The van der Waals surface area contributed by atoms with Gasteiger partial charge in [0, 0.05) is 5.69 Å². The highest BCUT2D eigenvalue weighted by Crippen LogP contribution is 2.25. The summed E-state index contributed by atoms with van der Waals surface area (Å²) >= 11 is 0. The van der Waals surface area contributed by atoms with E-state index in [1.807, 2.05) is 38.1 Å². The van der Waals surface area contributed by atoms with Gasteiger partial charge in [-0.1, -0.05) is 32.0 Å². The van der Waals surface area contributed by atoms with E-state index in [0.717, 1.165) is 5.56 Å². The maximum atomic E-state index is 12.1. The predicted molar refractivity (Wildman–Crippen MR) is 108 cm³/mol. The molecule has 2 aromatic carbocycles. The van der Waals surface area contributed by atoms with Gasteiger partial charge in [0.1, 0.15) is 12.3 Å². The molecule has 0 atom stereocenters. The van der Waals surface area contributed by atoms with Crippen molar-refractivity contribution in [1.29, 1.82) is 0 Å². The Bertz CT molecular complexity index is 955. The molecule has 0 bridgehead atoms. The molecule has 8 nitrogen and oxygen atoms in total. The van der Waals surface area contributed by atoms with Crippen molar-refractivity contribution in [2.45, 2.75) is 24.7 Å². The predicted octanol–water partition coefficient (Wildman–Crippen LogP) is 2.28. The van der Waals surface area contributed by atoms with Crippen LogP contribution in [0.3, 0.4) is 0 Å². The van der Waals surface area contributed by atoms with Crippen LogP contribution >= 0.6 is 0 Å². The Morgan fingerprint density at radius 3 is 2.31 bits per heavy atom. The van der Waals surface area contributed by atoms with Crippen LogP contribution in [0.1, 0.15) is 25.3 Å². The fourth-order valence-electron chi connectivity index (χ4n) is 2.46. The lowest BCUT2D eigenvalue weighted by Gasteiger charge is -2.14. The van der Waals surface area contributed by atoms with Crippen LogP contribution in [0.5, 0.6) is 5.75 Å². The van der Waals surface area contributed by atoms with Gasteiger partial charge in [0.05, 0.1) is 12.0 Å². The Hall–Kier alpha value is -2.91. The first-order chi connectivity index (χ1) is 13.7. The number of carbonyl (C=O) groups excluding carboxylic acids is 2. The van der Waals surface area contributed by atoms with E-state index in [0.29, 0.717) is 11.4 Å². The third kappa shape index (κ3) is 6.58. The van der Waals surface area contributed by atoms with Gasteiger partial charge in [-0.25, -0.2) is 8.42 Å². The number of anilines is 1. The van der Waals surface area contributed by atoms with Crippen molar-refractivity contribution in [1.82, 2.24) is 4.72 Å². The number of benzene rings is 2. The van der Waals surface area contributed by atoms with Crippen molar-refractivity contribution >= 4 is 27.6 Å². The van der Waals surface area contributed by atoms with Gasteiger partial charge < -0.3 is 14.8 Å². The molecule has 2 aromatic rings. The van der Waals surface area contributed by atoms with Crippen LogP contribution in [0, 0.1) is 0 Å². The number of hydrogen-bond donors (Lipinski definition) is 2. The van der Waals surface area contributed by atoms with Crippen LogP contribution in [0.15, 0.2) is 53.4 Å². The lowest BCUT2D eigenvalue weighted by Crippen LogP contribution is -2.30. The number of carbonyl (C=O) groups is 2. The van der Waals surface area contributed by atoms with E-state index in [4.69, 9.17) is 4.74 Å². The van der Waals surface area contributed by atoms with Crippen molar-refractivity contribution in [2.75, 3.05) is 25.6 Å². The Balaban J connectivity index is 1.94. The minimum atomic E-state index is -3.86. The molecule has 0 saturated heterocycles. The Morgan fingerprint density at radius 1 is 1.03 bits per heavy atom. The van der Waals surface area contributed by atoms with Crippen LogP contribution in [-0.4, -0.2) is 40.6 Å². The molecule has 0 fully saturated rings. The molecule has 0 aromatic heterocycles. The number of amides is 1. The van der Waals surface area contributed by atoms with Crippen LogP contribution < -0.4 is 14.8 Å². The van der Waals surface area contributed by atoms with Gasteiger partial charge in [-0.3, -0.25) is 9.59 Å². The van der Waals surface area contributed by atoms with Gasteiger partial charge in [0.25, 0.3) is 5.91 Å². The lowest BCUT2D eigenvalue weighted by atomic mass is 10.0. The van der Waals surface area contributed by atoms with Crippen molar-refractivity contribution in [2.24, 2.45) is 0 Å². The lowest BCUT2D eigenvalue weighted by molar-refractivity contribution is -0.139. The first-order valence-corrected chi connectivity index (χ1v) is 10.4. The Labute approximate surface area is 170 Å². The van der Waals surface area contributed by atoms with E-state index in [2.05, 4.69) is 14.8 Å². The summed E-state index contributed by atoms with van der Waals surface area (Å²) < 4.78 is 36.3. The van der Waals surface area contributed by atoms with Gasteiger partial charge in [0.15, 0.2) is 6.61 Å². The number of nitrogens with one attached hydrogen (secondary N) is 2. The molecule has 0 aliphatic carbocycles. The maximum Gasteiger partial charge on any atom is 0.320 e. The third-order valence-electron chi connectivity index (χ3n) is 3.98. The minimum Gasteiger partial charge on any atom is -0.483 e. The largest absolute Gasteiger partial charge is 0.483 e. The molecule has 0 aliphatic rings. The van der Waals surface area contributed by atoms with Gasteiger partial charge >= 0.3 is 5.97 Å². The monoisotopic (exact) mass is 420 g/mol. The molecular formula is C20H24N2O6S. The number of rotatable bonds is 9. The highest BCUT2D eigenvalue weighted by molar-refractivity contribution is 7.89. The molecule has 0 spiro atoms. The van der Waals surface area contributed by atoms with E-state index in [-0.39, 0.29) is 23.3 Å². The number of hydrogen-bond acceptors (Lipinski definition) is 6. The summed E-state index contributed by atoms with van der Waals surface area (Å²) in [4.78, 5) is 23.2. The molecule has 0 saturated carbocycles. The van der Waals surface area contributed by atoms with Gasteiger partial charge in [-0.15, -0.1) is 0 Å². The molecule has 0 aliphatic heterocycles. The second kappa shape index (κ2) is 10.0. The SMILES string of the molecule is COC(=O)CNS(=O)(=O)c1ccc(NC(=O)COc2ccccc2C(C)C)cc1. The Kier molecular flexibility index (Phi) is 7.74. The third-order valence-corrected chi connectivity index (χ3v) is 5.40. The van der Waals surface area contributed by atoms with Crippen molar-refractivity contribution in [3.63, 3.8) is 0 Å². The van der Waals surface area contributed by atoms with E-state index in [1.54, 1.807) is 0 Å². The molecule has 9 heteroatoms. The number of para-hydroxylation sites is 1. The molecule has 1 amide bonds. The van der Waals surface area contributed by atoms with Gasteiger partial charge in [-0.05, 0) is 41.8 Å². The molecule has 0 heterocycles. The summed E-state index contributed by atoms with van der Waals surface area (Å²) in [7, 11) is -2.69. The van der Waals surface area contributed by atoms with E-state index < -0.39 is 22.5 Å². The van der Waals surface area contributed by atoms with E-state index in [9.17, 15) is 18.0 Å². The average Bonchev–Trinajstić information content (AvgIpc) is 2.71. The fraction of sp³-hybridized carbons (Fsp3) is 0.300. The highest BCUT2D eigenvalue weighted by atomic mass is 32.2. The standard InChI is InChI=1S/C20H24N2O6S/c1-14(2)17-6-4-5-7-18(17)28-13-19(23)22-15-8-10-16(11-9-15)29(25,26)21-12-20(24)27-3/h4-11,14,21H,12-13H2,1-3H3,(H,22,23). The van der Waals surface area contributed by atoms with E-state index in [1.165, 1.54) is 31.4 Å². The zero-order valence-corrected chi connectivity index (χ0v) is 17.3. The number of ether oxygens (including phenoxy) is 2. The molecule has 2 N–H and O–H groups in total. The van der Waals surface area contributed by atoms with Crippen LogP contribution in [0.25, 0.3) is 0 Å². The van der Waals surface area contributed by atoms with Crippen molar-refractivity contribution in [3.05, 3.63) is 54.1 Å². The summed E-state index contributed by atoms with van der Waals surface area (Å²) in [6.45, 7) is 3.44.